The van der Waals surface area contributed by atoms with E-state index in [0.717, 1.165) is 0 Å². The first-order valence-electron chi connectivity index (χ1n) is 7.25. The van der Waals surface area contributed by atoms with E-state index in [1.54, 1.807) is 0 Å². The Kier molecular flexibility index (Phi) is 9.27. The van der Waals surface area contributed by atoms with Crippen molar-refractivity contribution in [3.8, 4) is 11.5 Å². The molecule has 21 heteroatoms. The molecule has 0 amide bonds. The molecule has 0 unspecified atom stereocenters. The standard InChI is InChI=1S/2C6H3N3O7.Zn/c2*10-6-4(8(13)14)1-3(7(11)12)2-5(6)9(15)16;/h2*1-2,10H;/q;;+2/p-2. The second-order valence-electron chi connectivity index (χ2n) is 5.17. The fraction of sp³-hybridized carbons (Fsp3) is 0. The van der Waals surface area contributed by atoms with E-state index in [9.17, 15) is 70.9 Å². The Morgan fingerprint density at radius 1 is 0.424 bits per heavy atom. The minimum Gasteiger partial charge on any atom is -0.863 e. The number of hydrogen-bond acceptors (Lipinski definition) is 14. The minimum absolute atomic E-state index is 0. The second-order valence-corrected chi connectivity index (χ2v) is 5.17. The van der Waals surface area contributed by atoms with Gasteiger partial charge in [0, 0.05) is 0 Å². The molecule has 0 aromatic heterocycles. The van der Waals surface area contributed by atoms with Crippen molar-refractivity contribution >= 4 is 34.1 Å². The van der Waals surface area contributed by atoms with Crippen molar-refractivity contribution in [2.75, 3.05) is 0 Å². The zero-order valence-corrected chi connectivity index (χ0v) is 18.4. The van der Waals surface area contributed by atoms with E-state index in [-0.39, 0.29) is 19.5 Å². The molecule has 2 aromatic carbocycles. The van der Waals surface area contributed by atoms with Gasteiger partial charge in [0.25, 0.3) is 34.1 Å². The van der Waals surface area contributed by atoms with Gasteiger partial charge in [-0.2, -0.15) is 0 Å². The average Bonchev–Trinajstić information content (AvgIpc) is 2.67. The van der Waals surface area contributed by atoms with Crippen molar-refractivity contribution in [3.63, 3.8) is 0 Å². The maximum atomic E-state index is 11.1. The number of nitrogens with zero attached hydrogens (tertiary/aromatic N) is 6. The number of non-ortho nitro benzene ring substituents is 2. The summed E-state index contributed by atoms with van der Waals surface area (Å²) in [6, 6.07) is 1.54. The number of rotatable bonds is 6. The van der Waals surface area contributed by atoms with E-state index in [4.69, 9.17) is 0 Å². The van der Waals surface area contributed by atoms with Crippen LogP contribution in [0.1, 0.15) is 0 Å². The van der Waals surface area contributed by atoms with Crippen LogP contribution < -0.4 is 10.2 Å². The quantitative estimate of drug-likeness (QED) is 0.290. The summed E-state index contributed by atoms with van der Waals surface area (Å²) in [6.45, 7) is 0. The Balaban J connectivity index is 0.000000602. The topological polar surface area (TPSA) is 305 Å². The summed E-state index contributed by atoms with van der Waals surface area (Å²) in [5.74, 6) is -2.92. The first kappa shape index (κ1) is 28.1. The van der Waals surface area contributed by atoms with Gasteiger partial charge in [0.05, 0.1) is 65.3 Å². The third-order valence-electron chi connectivity index (χ3n) is 3.28. The normalized spacial score (nSPS) is 9.45. The van der Waals surface area contributed by atoms with E-state index in [0.29, 0.717) is 24.3 Å². The first-order chi connectivity index (χ1) is 14.7. The van der Waals surface area contributed by atoms with Crippen LogP contribution in [-0.4, -0.2) is 29.5 Å². The Morgan fingerprint density at radius 3 is 0.727 bits per heavy atom. The van der Waals surface area contributed by atoms with Gasteiger partial charge in [0.2, 0.25) is 0 Å². The predicted molar refractivity (Wildman–Crippen MR) is 91.7 cm³/mol. The summed E-state index contributed by atoms with van der Waals surface area (Å²) in [7, 11) is 0. The summed E-state index contributed by atoms with van der Waals surface area (Å²) < 4.78 is 0. The largest absolute Gasteiger partial charge is 2.00 e. The van der Waals surface area contributed by atoms with Crippen LogP contribution in [0.2, 0.25) is 0 Å². The summed E-state index contributed by atoms with van der Waals surface area (Å²) in [5, 5.41) is 84.2. The molecular formula is C12H4N6O14Zn. The SMILES string of the molecule is O=[N+]([O-])c1cc([N+](=O)[O-])c([O-])c([N+](=O)[O-])c1.O=[N+]([O-])c1cc([N+](=O)[O-])c([O-])c([N+](=O)[O-])c1.[Zn+2]. The van der Waals surface area contributed by atoms with Crippen LogP contribution in [0.25, 0.3) is 0 Å². The molecule has 0 saturated carbocycles. The fourth-order valence-corrected chi connectivity index (χ4v) is 1.92. The van der Waals surface area contributed by atoms with Crippen molar-refractivity contribution in [1.82, 2.24) is 0 Å². The number of nitro benzene ring substituents is 6. The molecule has 20 nitrogen and oxygen atoms in total. The van der Waals surface area contributed by atoms with Gasteiger partial charge in [-0.3, -0.25) is 60.7 Å². The van der Waals surface area contributed by atoms with E-state index >= 15 is 0 Å². The van der Waals surface area contributed by atoms with Gasteiger partial charge in [0.15, 0.2) is 0 Å². The van der Waals surface area contributed by atoms with Crippen LogP contribution in [0.15, 0.2) is 24.3 Å². The Morgan fingerprint density at radius 2 is 0.606 bits per heavy atom. The van der Waals surface area contributed by atoms with Gasteiger partial charge in [-0.25, -0.2) is 0 Å². The fourth-order valence-electron chi connectivity index (χ4n) is 1.92. The van der Waals surface area contributed by atoms with E-state index in [2.05, 4.69) is 0 Å². The first-order valence-corrected chi connectivity index (χ1v) is 7.25. The average molecular weight is 522 g/mol. The van der Waals surface area contributed by atoms with Gasteiger partial charge in [-0.15, -0.1) is 0 Å². The maximum absolute atomic E-state index is 11.1. The molecule has 0 saturated heterocycles. The molecule has 0 aliphatic heterocycles. The molecule has 2 aromatic rings. The Hall–Kier alpha value is -4.94. The molecule has 0 spiro atoms. The van der Waals surface area contributed by atoms with E-state index in [1.807, 2.05) is 0 Å². The van der Waals surface area contributed by atoms with Gasteiger partial charge >= 0.3 is 19.5 Å². The molecule has 0 aliphatic carbocycles. The van der Waals surface area contributed by atoms with Crippen LogP contribution in [0, 0.1) is 60.7 Å². The third kappa shape index (κ3) is 6.52. The van der Waals surface area contributed by atoms with E-state index in [1.165, 1.54) is 0 Å². The zero-order valence-electron chi connectivity index (χ0n) is 15.4. The zero-order chi connectivity index (χ0) is 24.9. The number of hydrogen-bond donors (Lipinski definition) is 0. The Labute approximate surface area is 190 Å². The van der Waals surface area contributed by atoms with Crippen molar-refractivity contribution < 1.29 is 59.2 Å². The van der Waals surface area contributed by atoms with Crippen LogP contribution in [-0.2, 0) is 19.5 Å². The molecule has 0 radical (unpaired) electrons. The third-order valence-corrected chi connectivity index (χ3v) is 3.28. The van der Waals surface area contributed by atoms with Crippen LogP contribution in [0.4, 0.5) is 34.1 Å². The van der Waals surface area contributed by atoms with Gasteiger partial charge in [0.1, 0.15) is 0 Å². The van der Waals surface area contributed by atoms with Gasteiger partial charge in [-0.1, -0.05) is 0 Å². The van der Waals surface area contributed by atoms with Gasteiger partial charge in [-0.05, 0) is 0 Å². The number of benzene rings is 2. The molecule has 0 N–H and O–H groups in total. The predicted octanol–water partition coefficient (Wildman–Crippen LogP) is 0.967. The van der Waals surface area contributed by atoms with Crippen LogP contribution in [0.5, 0.6) is 11.5 Å². The monoisotopic (exact) mass is 520 g/mol. The molecule has 0 atom stereocenters. The van der Waals surface area contributed by atoms with Gasteiger partial charge < -0.3 is 10.2 Å². The molecule has 168 valence electrons. The minimum atomic E-state index is -1.46. The molecule has 33 heavy (non-hydrogen) atoms. The van der Waals surface area contributed by atoms with Crippen molar-refractivity contribution in [2.45, 2.75) is 0 Å². The smallest absolute Gasteiger partial charge is 0.863 e. The summed E-state index contributed by atoms with van der Waals surface area (Å²) >= 11 is 0. The van der Waals surface area contributed by atoms with Crippen molar-refractivity contribution in [1.29, 1.82) is 0 Å². The second kappa shape index (κ2) is 10.9. The summed E-state index contributed by atoms with van der Waals surface area (Å²) in [6.07, 6.45) is 0. The molecular weight excluding hydrogens is 518 g/mol. The summed E-state index contributed by atoms with van der Waals surface area (Å²) in [4.78, 5) is 55.0. The molecule has 0 aliphatic rings. The molecule has 2 rings (SSSR count). The van der Waals surface area contributed by atoms with Crippen molar-refractivity contribution in [2.24, 2.45) is 0 Å². The summed E-state index contributed by atoms with van der Waals surface area (Å²) in [5.41, 5.74) is -6.53. The van der Waals surface area contributed by atoms with E-state index < -0.39 is 75.2 Å². The molecule has 0 heterocycles. The number of nitro groups is 6. The Bertz CT molecular complexity index is 1020. The van der Waals surface area contributed by atoms with Crippen LogP contribution in [0.3, 0.4) is 0 Å². The van der Waals surface area contributed by atoms with Crippen LogP contribution >= 0.6 is 0 Å². The maximum Gasteiger partial charge on any atom is 2.00 e. The molecule has 0 fully saturated rings. The molecule has 0 bridgehead atoms. The van der Waals surface area contributed by atoms with Crippen molar-refractivity contribution in [3.05, 3.63) is 85.0 Å².